The summed E-state index contributed by atoms with van der Waals surface area (Å²) in [6.45, 7) is 12.0. The van der Waals surface area contributed by atoms with Gasteiger partial charge in [0.1, 0.15) is 0 Å². The van der Waals surface area contributed by atoms with Crippen molar-refractivity contribution in [3.8, 4) is 0 Å². The topological polar surface area (TPSA) is 9.23 Å². The summed E-state index contributed by atoms with van der Waals surface area (Å²) in [5, 5.41) is 0. The van der Waals surface area contributed by atoms with Crippen LogP contribution in [0.4, 0.5) is 0 Å². The van der Waals surface area contributed by atoms with Gasteiger partial charge in [-0.15, -0.1) is 0 Å². The zero-order valence-electron chi connectivity index (χ0n) is 8.53. The molecule has 0 N–H and O–H groups in total. The van der Waals surface area contributed by atoms with Crippen LogP contribution in [0.25, 0.3) is 0 Å². The van der Waals surface area contributed by atoms with Crippen LogP contribution in [-0.4, -0.2) is 36.3 Å². The van der Waals surface area contributed by atoms with Gasteiger partial charge in [0.25, 0.3) is 0 Å². The van der Waals surface area contributed by atoms with Crippen LogP contribution in [0.15, 0.2) is 0 Å². The number of halogens is 1. The van der Waals surface area contributed by atoms with Gasteiger partial charge in [-0.05, 0) is 12.8 Å². The second-order valence-electron chi connectivity index (χ2n) is 3.88. The molecule has 0 atom stereocenters. The van der Waals surface area contributed by atoms with Crippen LogP contribution in [0.5, 0.6) is 0 Å². The van der Waals surface area contributed by atoms with Gasteiger partial charge in [-0.2, -0.15) is 5.41 Å². The molecule has 1 fully saturated rings. The summed E-state index contributed by atoms with van der Waals surface area (Å²) in [6, 6.07) is 0. The fourth-order valence-electron chi connectivity index (χ4n) is 0.510. The first-order valence-electron chi connectivity index (χ1n) is 3.93. The minimum atomic E-state index is 0. The van der Waals surface area contributed by atoms with Gasteiger partial charge >= 0.3 is 23.1 Å². The smallest absolute Gasteiger partial charge is 1.00 e. The molecule has 1 aliphatic heterocycles. The van der Waals surface area contributed by atoms with Gasteiger partial charge in [-0.1, -0.05) is 20.8 Å². The molecule has 1 rings (SSSR count). The molecular formula is C9H19ClMgO. The Labute approximate surface area is 99.2 Å². The summed E-state index contributed by atoms with van der Waals surface area (Å²) in [7, 11) is 0. The summed E-state index contributed by atoms with van der Waals surface area (Å²) in [5.74, 6) is 0. The molecule has 1 aliphatic rings. The molecule has 0 aliphatic carbocycles. The van der Waals surface area contributed by atoms with E-state index in [0.717, 1.165) is 13.2 Å². The molecule has 0 aromatic carbocycles. The average molecular weight is 203 g/mol. The van der Waals surface area contributed by atoms with Crippen LogP contribution in [-0.2, 0) is 4.74 Å². The minimum absolute atomic E-state index is 0. The van der Waals surface area contributed by atoms with Gasteiger partial charge in [-0.3, -0.25) is 0 Å². The zero-order valence-corrected chi connectivity index (χ0v) is 10.7. The summed E-state index contributed by atoms with van der Waals surface area (Å²) in [4.78, 5) is 0. The Morgan fingerprint density at radius 2 is 1.33 bits per heavy atom. The van der Waals surface area contributed by atoms with Crippen molar-refractivity contribution in [1.29, 1.82) is 0 Å². The van der Waals surface area contributed by atoms with Crippen molar-refractivity contribution in [3.05, 3.63) is 6.92 Å². The Morgan fingerprint density at radius 3 is 1.42 bits per heavy atom. The summed E-state index contributed by atoms with van der Waals surface area (Å²) >= 11 is 0. The third-order valence-corrected chi connectivity index (χ3v) is 0.827. The Kier molecular flexibility index (Phi) is 15.8. The van der Waals surface area contributed by atoms with E-state index in [9.17, 15) is 0 Å². The minimum Gasteiger partial charge on any atom is -1.00 e. The van der Waals surface area contributed by atoms with Crippen LogP contribution in [0.2, 0.25) is 0 Å². The molecule has 0 spiro atoms. The third-order valence-electron chi connectivity index (χ3n) is 0.827. The first kappa shape index (κ1) is 18.7. The molecule has 0 saturated carbocycles. The van der Waals surface area contributed by atoms with Crippen molar-refractivity contribution in [2.24, 2.45) is 5.41 Å². The predicted molar refractivity (Wildman–Crippen MR) is 50.6 cm³/mol. The van der Waals surface area contributed by atoms with E-state index in [0.29, 0.717) is 0 Å². The maximum Gasteiger partial charge on any atom is 2.00 e. The quantitative estimate of drug-likeness (QED) is 0.373. The second-order valence-corrected chi connectivity index (χ2v) is 3.88. The van der Waals surface area contributed by atoms with Crippen LogP contribution < -0.4 is 12.4 Å². The number of hydrogen-bond donors (Lipinski definition) is 0. The van der Waals surface area contributed by atoms with Gasteiger partial charge in [0.05, 0.1) is 0 Å². The van der Waals surface area contributed by atoms with Crippen molar-refractivity contribution in [2.45, 2.75) is 33.6 Å². The van der Waals surface area contributed by atoms with E-state index in [1.165, 1.54) is 12.8 Å². The average Bonchev–Trinajstić information content (AvgIpc) is 2.07. The normalized spacial score (nSPS) is 15.0. The summed E-state index contributed by atoms with van der Waals surface area (Å²) < 4.78 is 4.94. The first-order valence-corrected chi connectivity index (χ1v) is 3.93. The maximum atomic E-state index is 4.94. The SMILES string of the molecule is C1CCOC1.[CH2-]C(C)(C)C.[Cl-].[Mg+2]. The maximum absolute atomic E-state index is 4.94. The van der Waals surface area contributed by atoms with Gasteiger partial charge in [0.2, 0.25) is 0 Å². The molecule has 3 heteroatoms. The van der Waals surface area contributed by atoms with Crippen LogP contribution in [0.1, 0.15) is 33.6 Å². The van der Waals surface area contributed by atoms with Gasteiger partial charge in [-0.25, -0.2) is 0 Å². The molecular weight excluding hydrogens is 184 g/mol. The largest absolute Gasteiger partial charge is 2.00 e. The Hall–Kier alpha value is 1.02. The molecule has 0 unspecified atom stereocenters. The van der Waals surface area contributed by atoms with Crippen molar-refractivity contribution in [1.82, 2.24) is 0 Å². The van der Waals surface area contributed by atoms with E-state index < -0.39 is 0 Å². The van der Waals surface area contributed by atoms with E-state index in [1.54, 1.807) is 0 Å². The predicted octanol–water partition coefficient (Wildman–Crippen LogP) is -0.713. The Bertz CT molecular complexity index is 63.5. The van der Waals surface area contributed by atoms with Gasteiger partial charge in [0.15, 0.2) is 0 Å². The molecule has 1 heterocycles. The van der Waals surface area contributed by atoms with Crippen LogP contribution in [0, 0.1) is 12.3 Å². The number of ether oxygens (including phenoxy) is 1. The van der Waals surface area contributed by atoms with E-state index in [4.69, 9.17) is 4.74 Å². The van der Waals surface area contributed by atoms with Gasteiger partial charge in [0, 0.05) is 13.2 Å². The standard InChI is InChI=1S/C5H11.C4H8O.ClH.Mg/c1-5(2,3)4;1-2-4-5-3-1;;/h1H2,2-4H3;1-4H2;1H;/q-1;;;+2/p-1. The third kappa shape index (κ3) is 30.5. The van der Waals surface area contributed by atoms with Gasteiger partial charge < -0.3 is 24.1 Å². The molecule has 1 saturated heterocycles. The molecule has 0 bridgehead atoms. The van der Waals surface area contributed by atoms with E-state index in [2.05, 4.69) is 27.7 Å². The molecule has 1 nitrogen and oxygen atoms in total. The molecule has 0 aromatic heterocycles. The monoisotopic (exact) mass is 202 g/mol. The molecule has 0 radical (unpaired) electrons. The second kappa shape index (κ2) is 10.1. The Balaban J connectivity index is -0.000000116. The van der Waals surface area contributed by atoms with E-state index >= 15 is 0 Å². The van der Waals surface area contributed by atoms with Crippen molar-refractivity contribution < 1.29 is 17.1 Å². The fraction of sp³-hybridized carbons (Fsp3) is 0.889. The van der Waals surface area contributed by atoms with Crippen LogP contribution in [0.3, 0.4) is 0 Å². The fourth-order valence-corrected chi connectivity index (χ4v) is 0.510. The number of rotatable bonds is 0. The molecule has 70 valence electrons. The Morgan fingerprint density at radius 1 is 1.08 bits per heavy atom. The van der Waals surface area contributed by atoms with E-state index in [1.807, 2.05) is 0 Å². The van der Waals surface area contributed by atoms with Crippen molar-refractivity contribution in [2.75, 3.05) is 13.2 Å². The van der Waals surface area contributed by atoms with Crippen LogP contribution >= 0.6 is 0 Å². The van der Waals surface area contributed by atoms with Crippen molar-refractivity contribution >= 4 is 23.1 Å². The van der Waals surface area contributed by atoms with Crippen molar-refractivity contribution in [3.63, 3.8) is 0 Å². The molecule has 0 aromatic rings. The van der Waals surface area contributed by atoms with E-state index in [-0.39, 0.29) is 40.9 Å². The first-order chi connectivity index (χ1) is 4.50. The zero-order chi connectivity index (χ0) is 8.04. The molecule has 0 amide bonds. The summed E-state index contributed by atoms with van der Waals surface area (Å²) in [6.07, 6.45) is 2.56. The number of hydrogen-bond acceptors (Lipinski definition) is 1. The summed E-state index contributed by atoms with van der Waals surface area (Å²) in [5.41, 5.74) is 0.250. The molecule has 12 heavy (non-hydrogen) atoms.